The molecule has 2 unspecified atom stereocenters. The van der Waals surface area contributed by atoms with Gasteiger partial charge in [-0.3, -0.25) is 0 Å². The van der Waals surface area contributed by atoms with Crippen LogP contribution in [0.3, 0.4) is 0 Å². The molecule has 4 N–H and O–H groups in total. The van der Waals surface area contributed by atoms with Crippen LogP contribution in [0, 0.1) is 0 Å². The van der Waals surface area contributed by atoms with E-state index in [1.807, 2.05) is 19.1 Å². The molecule has 1 rings (SSSR count). The van der Waals surface area contributed by atoms with E-state index in [0.717, 1.165) is 23.2 Å². The third-order valence-corrected chi connectivity index (χ3v) is 3.82. The molecule has 0 aliphatic heterocycles. The smallest absolute Gasteiger partial charge is 0.507 e. The van der Waals surface area contributed by atoms with Gasteiger partial charge < -0.3 is 10.8 Å². The zero-order chi connectivity index (χ0) is 17.4. The molecule has 5 nitrogen and oxygen atoms in total. The first-order valence-electron chi connectivity index (χ1n) is 7.55. The number of phenolic OH excluding ortho intramolecular Hbond substituents is 1. The largest absolute Gasteiger partial charge is 0.694 e. The molecule has 0 saturated carbocycles. The number of hydrogen-bond acceptors (Lipinski definition) is 4. The SMILES string of the molecule is CC(C)c1cc(N)cc(C(C)C)c1O.CCC(C)O[P+](=O)O. The van der Waals surface area contributed by atoms with E-state index in [9.17, 15) is 9.67 Å². The Morgan fingerprint density at radius 3 is 1.77 bits per heavy atom. The summed E-state index contributed by atoms with van der Waals surface area (Å²) in [6.07, 6.45) is 0.658. The van der Waals surface area contributed by atoms with Crippen molar-refractivity contribution in [2.75, 3.05) is 5.73 Å². The maximum atomic E-state index is 10.00. The number of benzene rings is 1. The Balaban J connectivity index is 0.000000472. The van der Waals surface area contributed by atoms with E-state index in [1.54, 1.807) is 6.92 Å². The Morgan fingerprint density at radius 2 is 1.55 bits per heavy atom. The van der Waals surface area contributed by atoms with Crippen molar-refractivity contribution in [2.24, 2.45) is 0 Å². The van der Waals surface area contributed by atoms with E-state index in [-0.39, 0.29) is 6.10 Å². The van der Waals surface area contributed by atoms with Crippen LogP contribution in [0.25, 0.3) is 0 Å². The van der Waals surface area contributed by atoms with Gasteiger partial charge in [0.15, 0.2) is 0 Å². The fraction of sp³-hybridized carbons (Fsp3) is 0.625. The second-order valence-electron chi connectivity index (χ2n) is 5.92. The third kappa shape index (κ3) is 7.21. The Hall–Kier alpha value is -1.16. The first kappa shape index (κ1) is 20.8. The van der Waals surface area contributed by atoms with E-state index < -0.39 is 8.25 Å². The lowest BCUT2D eigenvalue weighted by Gasteiger charge is -2.15. The molecule has 1 aromatic carbocycles. The number of nitrogens with two attached hydrogens (primary N) is 1. The molecule has 2 atom stereocenters. The van der Waals surface area contributed by atoms with Gasteiger partial charge in [0.2, 0.25) is 0 Å². The van der Waals surface area contributed by atoms with Gasteiger partial charge in [0.1, 0.15) is 11.9 Å². The minimum atomic E-state index is -2.40. The fourth-order valence-corrected chi connectivity index (χ4v) is 2.27. The zero-order valence-electron chi connectivity index (χ0n) is 14.3. The molecule has 0 aromatic heterocycles. The molecule has 0 aliphatic rings. The predicted molar refractivity (Wildman–Crippen MR) is 91.4 cm³/mol. The van der Waals surface area contributed by atoms with Crippen molar-refractivity contribution in [3.63, 3.8) is 0 Å². The minimum Gasteiger partial charge on any atom is -0.507 e. The van der Waals surface area contributed by atoms with E-state index in [0.29, 0.717) is 17.6 Å². The van der Waals surface area contributed by atoms with Crippen molar-refractivity contribution < 1.29 is 19.1 Å². The molecule has 0 aliphatic carbocycles. The van der Waals surface area contributed by atoms with Gasteiger partial charge in [-0.1, -0.05) is 34.6 Å². The third-order valence-electron chi connectivity index (χ3n) is 3.28. The van der Waals surface area contributed by atoms with Crippen LogP contribution >= 0.6 is 8.25 Å². The number of rotatable bonds is 5. The summed E-state index contributed by atoms with van der Waals surface area (Å²) in [7, 11) is -2.40. The molecule has 0 heterocycles. The molecule has 0 amide bonds. The number of hydrogen-bond donors (Lipinski definition) is 3. The molecule has 0 saturated heterocycles. The van der Waals surface area contributed by atoms with Crippen molar-refractivity contribution in [3.8, 4) is 5.75 Å². The number of anilines is 1. The molecule has 22 heavy (non-hydrogen) atoms. The molecule has 1 aromatic rings. The van der Waals surface area contributed by atoms with Gasteiger partial charge in [0.25, 0.3) is 0 Å². The second-order valence-corrected chi connectivity index (χ2v) is 6.61. The average Bonchev–Trinajstić information content (AvgIpc) is 2.40. The van der Waals surface area contributed by atoms with Gasteiger partial charge in [-0.2, -0.15) is 0 Å². The van der Waals surface area contributed by atoms with Gasteiger partial charge in [-0.25, -0.2) is 0 Å². The van der Waals surface area contributed by atoms with Crippen LogP contribution in [0.1, 0.15) is 70.9 Å². The summed E-state index contributed by atoms with van der Waals surface area (Å²) in [4.78, 5) is 8.14. The van der Waals surface area contributed by atoms with Crippen LogP contribution in [-0.4, -0.2) is 16.1 Å². The molecule has 0 spiro atoms. The lowest BCUT2D eigenvalue weighted by molar-refractivity contribution is 0.201. The Labute approximate surface area is 134 Å². The van der Waals surface area contributed by atoms with Gasteiger partial charge in [0, 0.05) is 10.3 Å². The van der Waals surface area contributed by atoms with Crippen LogP contribution in [-0.2, 0) is 9.09 Å². The molecule has 0 bridgehead atoms. The number of aromatic hydroxyl groups is 1. The number of nitrogen functional groups attached to an aromatic ring is 1. The standard InChI is InChI=1S/C12H19NO.C4H9O3P/c1-7(2)10-5-9(13)6-11(8(3)4)12(10)14;1-3-4(2)7-8(5)6/h5-8,14H,13H2,1-4H3;4H,3H2,1-2H3/p+1. The maximum Gasteiger partial charge on any atom is 0.694 e. The quantitative estimate of drug-likeness (QED) is 0.414. The first-order valence-corrected chi connectivity index (χ1v) is 8.68. The highest BCUT2D eigenvalue weighted by Crippen LogP contribution is 2.35. The summed E-state index contributed by atoms with van der Waals surface area (Å²) in [5.74, 6) is 1.01. The first-order chi connectivity index (χ1) is 10.1. The average molecular weight is 330 g/mol. The molecule has 6 heteroatoms. The van der Waals surface area contributed by atoms with E-state index in [2.05, 4.69) is 32.2 Å². The summed E-state index contributed by atoms with van der Waals surface area (Å²) in [5, 5.41) is 10.00. The zero-order valence-corrected chi connectivity index (χ0v) is 15.2. The molecular weight excluding hydrogens is 301 g/mol. The fourth-order valence-electron chi connectivity index (χ4n) is 1.81. The normalized spacial score (nSPS) is 12.9. The van der Waals surface area contributed by atoms with Crippen LogP contribution in [0.2, 0.25) is 0 Å². The summed E-state index contributed by atoms with van der Waals surface area (Å²) < 4.78 is 14.4. The van der Waals surface area contributed by atoms with E-state index in [1.165, 1.54) is 0 Å². The number of phenols is 1. The molecule has 0 fully saturated rings. The Morgan fingerprint density at radius 1 is 1.14 bits per heavy atom. The molecular formula is C16H29NO4P+. The van der Waals surface area contributed by atoms with Crippen LogP contribution < -0.4 is 5.73 Å². The van der Waals surface area contributed by atoms with E-state index in [4.69, 9.17) is 10.6 Å². The minimum absolute atomic E-state index is 0.108. The van der Waals surface area contributed by atoms with Crippen molar-refractivity contribution in [2.45, 2.75) is 65.9 Å². The molecule has 0 radical (unpaired) electrons. The van der Waals surface area contributed by atoms with Crippen LogP contribution in [0.5, 0.6) is 5.75 Å². The topological polar surface area (TPSA) is 92.8 Å². The van der Waals surface area contributed by atoms with Gasteiger partial charge in [0.05, 0.1) is 0 Å². The van der Waals surface area contributed by atoms with Crippen molar-refractivity contribution in [3.05, 3.63) is 23.3 Å². The van der Waals surface area contributed by atoms with Crippen LogP contribution in [0.15, 0.2) is 12.1 Å². The Bertz CT molecular complexity index is 460. The Kier molecular flexibility index (Phi) is 9.26. The summed E-state index contributed by atoms with van der Waals surface area (Å²) in [5.41, 5.74) is 8.40. The van der Waals surface area contributed by atoms with Gasteiger partial charge in [-0.05, 0) is 48.4 Å². The van der Waals surface area contributed by atoms with Crippen molar-refractivity contribution in [1.82, 2.24) is 0 Å². The highest BCUT2D eigenvalue weighted by atomic mass is 31.1. The highest BCUT2D eigenvalue weighted by molar-refractivity contribution is 7.32. The second kappa shape index (κ2) is 9.78. The van der Waals surface area contributed by atoms with Gasteiger partial charge in [-0.15, -0.1) is 9.42 Å². The lowest BCUT2D eigenvalue weighted by atomic mass is 9.93. The van der Waals surface area contributed by atoms with Crippen LogP contribution in [0.4, 0.5) is 5.69 Å². The molecule has 126 valence electrons. The monoisotopic (exact) mass is 330 g/mol. The summed E-state index contributed by atoms with van der Waals surface area (Å²) in [6, 6.07) is 3.71. The highest BCUT2D eigenvalue weighted by Gasteiger charge is 2.16. The van der Waals surface area contributed by atoms with Crippen molar-refractivity contribution in [1.29, 1.82) is 0 Å². The lowest BCUT2D eigenvalue weighted by Crippen LogP contribution is -1.98. The summed E-state index contributed by atoms with van der Waals surface area (Å²) >= 11 is 0. The van der Waals surface area contributed by atoms with Crippen molar-refractivity contribution >= 4 is 13.9 Å². The van der Waals surface area contributed by atoms with Gasteiger partial charge >= 0.3 is 8.25 Å². The maximum absolute atomic E-state index is 10.00. The summed E-state index contributed by atoms with van der Waals surface area (Å²) in [6.45, 7) is 11.9. The predicted octanol–water partition coefficient (Wildman–Crippen LogP) is 4.67. The van der Waals surface area contributed by atoms with E-state index >= 15 is 0 Å².